The lowest BCUT2D eigenvalue weighted by molar-refractivity contribution is -0.124. The van der Waals surface area contributed by atoms with Crippen LogP contribution in [0.15, 0.2) is 5.38 Å². The van der Waals surface area contributed by atoms with Gasteiger partial charge in [0.2, 0.25) is 5.91 Å². The van der Waals surface area contributed by atoms with Gasteiger partial charge < -0.3 is 10.6 Å². The molecule has 5 heteroatoms. The summed E-state index contributed by atoms with van der Waals surface area (Å²) >= 11 is 1.51. The van der Waals surface area contributed by atoms with Crippen molar-refractivity contribution in [3.8, 4) is 0 Å². The Kier molecular flexibility index (Phi) is 4.02. The van der Waals surface area contributed by atoms with Gasteiger partial charge in [0.15, 0.2) is 5.13 Å². The third-order valence-electron chi connectivity index (χ3n) is 3.74. The summed E-state index contributed by atoms with van der Waals surface area (Å²) in [5.41, 5.74) is 0.800. The van der Waals surface area contributed by atoms with Crippen LogP contribution in [0.2, 0.25) is 0 Å². The number of nitrogens with zero attached hydrogens (tertiary/aromatic N) is 1. The van der Waals surface area contributed by atoms with Crippen LogP contribution in [0.5, 0.6) is 0 Å². The minimum Gasteiger partial charge on any atom is -0.316 e. The molecule has 1 aromatic rings. The zero-order valence-electron chi connectivity index (χ0n) is 11.2. The van der Waals surface area contributed by atoms with Crippen LogP contribution in [0.4, 0.5) is 5.13 Å². The lowest BCUT2D eigenvalue weighted by Gasteiger charge is -2.24. The average Bonchev–Trinajstić information content (AvgIpc) is 2.97. The Morgan fingerprint density at radius 1 is 1.67 bits per heavy atom. The number of aromatic nitrogens is 1. The van der Waals surface area contributed by atoms with Crippen molar-refractivity contribution in [2.24, 2.45) is 5.41 Å². The van der Waals surface area contributed by atoms with E-state index in [0.717, 1.165) is 36.8 Å². The predicted molar refractivity (Wildman–Crippen MR) is 75.0 cm³/mol. The molecule has 1 aliphatic heterocycles. The van der Waals surface area contributed by atoms with Crippen molar-refractivity contribution >= 4 is 22.4 Å². The van der Waals surface area contributed by atoms with Gasteiger partial charge in [-0.1, -0.05) is 20.8 Å². The molecular weight excluding hydrogens is 246 g/mol. The van der Waals surface area contributed by atoms with E-state index in [2.05, 4.69) is 36.4 Å². The van der Waals surface area contributed by atoms with E-state index in [1.807, 2.05) is 5.38 Å². The zero-order chi connectivity index (χ0) is 13.2. The third kappa shape index (κ3) is 2.57. The Labute approximate surface area is 112 Å². The monoisotopic (exact) mass is 267 g/mol. The lowest BCUT2D eigenvalue weighted by atomic mass is 9.83. The summed E-state index contributed by atoms with van der Waals surface area (Å²) in [6.07, 6.45) is 1.78. The first-order valence-corrected chi connectivity index (χ1v) is 7.43. The number of hydrogen-bond acceptors (Lipinski definition) is 4. The van der Waals surface area contributed by atoms with Crippen molar-refractivity contribution in [1.82, 2.24) is 10.3 Å². The molecule has 1 saturated heterocycles. The van der Waals surface area contributed by atoms with Crippen LogP contribution in [0.1, 0.15) is 45.2 Å². The van der Waals surface area contributed by atoms with Gasteiger partial charge in [-0.25, -0.2) is 4.98 Å². The molecule has 1 unspecified atom stereocenters. The van der Waals surface area contributed by atoms with Crippen LogP contribution in [0.3, 0.4) is 0 Å². The number of carbonyl (C=O) groups excluding carboxylic acids is 1. The molecule has 1 atom stereocenters. The molecule has 0 spiro atoms. The van der Waals surface area contributed by atoms with Crippen LogP contribution in [-0.4, -0.2) is 24.0 Å². The van der Waals surface area contributed by atoms with Gasteiger partial charge in [-0.15, -0.1) is 11.3 Å². The van der Waals surface area contributed by atoms with E-state index in [1.165, 1.54) is 11.3 Å². The normalized spacial score (nSPS) is 23.6. The highest BCUT2D eigenvalue weighted by atomic mass is 32.1. The summed E-state index contributed by atoms with van der Waals surface area (Å²) in [6.45, 7) is 7.99. The standard InChI is InChI=1S/C13H21N3OS/c1-4-13(5-6-14-8-13)11(17)16-12-15-10(7-18-12)9(2)3/h7,9,14H,4-6,8H2,1-3H3,(H,15,16,17). The molecule has 1 fully saturated rings. The number of hydrogen-bond donors (Lipinski definition) is 2. The van der Waals surface area contributed by atoms with Crippen LogP contribution in [-0.2, 0) is 4.79 Å². The van der Waals surface area contributed by atoms with Crippen molar-refractivity contribution in [3.05, 3.63) is 11.1 Å². The van der Waals surface area contributed by atoms with Gasteiger partial charge in [0.25, 0.3) is 0 Å². The molecule has 0 aromatic carbocycles. The molecule has 2 rings (SSSR count). The van der Waals surface area contributed by atoms with E-state index < -0.39 is 0 Å². The molecular formula is C13H21N3OS. The van der Waals surface area contributed by atoms with Crippen molar-refractivity contribution in [2.75, 3.05) is 18.4 Å². The predicted octanol–water partition coefficient (Wildman–Crippen LogP) is 2.59. The van der Waals surface area contributed by atoms with Gasteiger partial charge >= 0.3 is 0 Å². The topological polar surface area (TPSA) is 54.0 Å². The molecule has 18 heavy (non-hydrogen) atoms. The number of amides is 1. The molecule has 1 aromatic heterocycles. The highest BCUT2D eigenvalue weighted by Gasteiger charge is 2.39. The molecule has 1 amide bonds. The van der Waals surface area contributed by atoms with Crippen molar-refractivity contribution in [2.45, 2.75) is 39.5 Å². The first kappa shape index (κ1) is 13.5. The minimum absolute atomic E-state index is 0.111. The third-order valence-corrected chi connectivity index (χ3v) is 4.51. The second-order valence-electron chi connectivity index (χ2n) is 5.25. The maximum atomic E-state index is 12.4. The summed E-state index contributed by atoms with van der Waals surface area (Å²) in [5.74, 6) is 0.514. The van der Waals surface area contributed by atoms with Crippen molar-refractivity contribution < 1.29 is 4.79 Å². The molecule has 0 radical (unpaired) electrons. The Balaban J connectivity index is 2.06. The molecule has 4 nitrogen and oxygen atoms in total. The van der Waals surface area contributed by atoms with E-state index in [4.69, 9.17) is 0 Å². The number of thiazole rings is 1. The largest absolute Gasteiger partial charge is 0.316 e. The van der Waals surface area contributed by atoms with Crippen LogP contribution in [0, 0.1) is 5.41 Å². The van der Waals surface area contributed by atoms with E-state index in [9.17, 15) is 4.79 Å². The fraction of sp³-hybridized carbons (Fsp3) is 0.692. The summed E-state index contributed by atoms with van der Waals surface area (Å²) in [5, 5.41) is 9.00. The second kappa shape index (κ2) is 5.36. The molecule has 2 N–H and O–H groups in total. The molecule has 0 bridgehead atoms. The first-order chi connectivity index (χ1) is 8.57. The molecule has 0 saturated carbocycles. The second-order valence-corrected chi connectivity index (χ2v) is 6.11. The van der Waals surface area contributed by atoms with Gasteiger partial charge in [-0.2, -0.15) is 0 Å². The molecule has 0 aliphatic carbocycles. The fourth-order valence-electron chi connectivity index (χ4n) is 2.24. The van der Waals surface area contributed by atoms with E-state index in [0.29, 0.717) is 5.92 Å². The van der Waals surface area contributed by atoms with Gasteiger partial charge in [0.05, 0.1) is 11.1 Å². The maximum absolute atomic E-state index is 12.4. The van der Waals surface area contributed by atoms with Crippen LogP contribution >= 0.6 is 11.3 Å². The van der Waals surface area contributed by atoms with Gasteiger partial charge in [-0.3, -0.25) is 4.79 Å². The van der Waals surface area contributed by atoms with Crippen LogP contribution < -0.4 is 10.6 Å². The van der Waals surface area contributed by atoms with Gasteiger partial charge in [0, 0.05) is 11.9 Å². The zero-order valence-corrected chi connectivity index (χ0v) is 12.1. The number of rotatable bonds is 4. The summed E-state index contributed by atoms with van der Waals surface area (Å²) in [7, 11) is 0. The minimum atomic E-state index is -0.246. The van der Waals surface area contributed by atoms with E-state index >= 15 is 0 Å². The van der Waals surface area contributed by atoms with Crippen molar-refractivity contribution in [1.29, 1.82) is 0 Å². The Bertz CT molecular complexity index is 422. The van der Waals surface area contributed by atoms with E-state index in [-0.39, 0.29) is 11.3 Å². The highest BCUT2D eigenvalue weighted by molar-refractivity contribution is 7.13. The van der Waals surface area contributed by atoms with Gasteiger partial charge in [0.1, 0.15) is 0 Å². The Morgan fingerprint density at radius 3 is 2.94 bits per heavy atom. The molecule has 100 valence electrons. The quantitative estimate of drug-likeness (QED) is 0.881. The number of nitrogens with one attached hydrogen (secondary N) is 2. The maximum Gasteiger partial charge on any atom is 0.233 e. The van der Waals surface area contributed by atoms with Crippen molar-refractivity contribution in [3.63, 3.8) is 0 Å². The fourth-order valence-corrected chi connectivity index (χ4v) is 3.11. The SMILES string of the molecule is CCC1(C(=O)Nc2nc(C(C)C)cs2)CCNC1. The molecule has 2 heterocycles. The smallest absolute Gasteiger partial charge is 0.233 e. The first-order valence-electron chi connectivity index (χ1n) is 6.55. The summed E-state index contributed by atoms with van der Waals surface area (Å²) in [4.78, 5) is 16.8. The summed E-state index contributed by atoms with van der Waals surface area (Å²) < 4.78 is 0. The van der Waals surface area contributed by atoms with Crippen LogP contribution in [0.25, 0.3) is 0 Å². The number of anilines is 1. The lowest BCUT2D eigenvalue weighted by Crippen LogP contribution is -2.37. The average molecular weight is 267 g/mol. The van der Waals surface area contributed by atoms with E-state index in [1.54, 1.807) is 0 Å². The summed E-state index contributed by atoms with van der Waals surface area (Å²) in [6, 6.07) is 0. The Hall–Kier alpha value is -0.940. The van der Waals surface area contributed by atoms with Gasteiger partial charge in [-0.05, 0) is 25.3 Å². The highest BCUT2D eigenvalue weighted by Crippen LogP contribution is 2.31. The Morgan fingerprint density at radius 2 is 2.44 bits per heavy atom. The number of carbonyl (C=O) groups is 1. The molecule has 1 aliphatic rings.